The second-order valence-electron chi connectivity index (χ2n) is 6.15. The fraction of sp³-hybridized carbons (Fsp3) is 0.571. The van der Waals surface area contributed by atoms with E-state index in [0.717, 1.165) is 13.1 Å². The Bertz CT molecular complexity index is 630. The van der Waals surface area contributed by atoms with Gasteiger partial charge in [-0.15, -0.1) is 0 Å². The van der Waals surface area contributed by atoms with Gasteiger partial charge in [0.2, 0.25) is 10.0 Å². The Morgan fingerprint density at radius 1 is 1.30 bits per heavy atom. The van der Waals surface area contributed by atoms with Crippen LogP contribution in [0.4, 0.5) is 0 Å². The molecule has 2 fully saturated rings. The number of nitrogens with zero attached hydrogens (tertiary/aromatic N) is 1. The molecule has 0 radical (unpaired) electrons. The van der Waals surface area contributed by atoms with Crippen molar-refractivity contribution in [3.05, 3.63) is 28.7 Å². The molecule has 2 aliphatic heterocycles. The first kappa shape index (κ1) is 14.5. The van der Waals surface area contributed by atoms with E-state index in [1.165, 1.54) is 0 Å². The van der Waals surface area contributed by atoms with E-state index in [2.05, 4.69) is 21.2 Å². The van der Waals surface area contributed by atoms with Crippen LogP contribution in [0.1, 0.15) is 13.8 Å². The molecule has 20 heavy (non-hydrogen) atoms. The van der Waals surface area contributed by atoms with Crippen molar-refractivity contribution < 1.29 is 8.42 Å². The highest BCUT2D eigenvalue weighted by atomic mass is 79.9. The molecule has 0 amide bonds. The third-order valence-electron chi connectivity index (χ3n) is 4.70. The molecule has 1 aromatic carbocycles. The number of rotatable bonds is 2. The van der Waals surface area contributed by atoms with E-state index in [9.17, 15) is 8.42 Å². The zero-order valence-corrected chi connectivity index (χ0v) is 14.0. The minimum Gasteiger partial charge on any atom is -0.316 e. The highest BCUT2D eigenvalue weighted by molar-refractivity contribution is 9.10. The molecule has 0 saturated carbocycles. The lowest BCUT2D eigenvalue weighted by Crippen LogP contribution is -2.47. The Hall–Kier alpha value is -0.430. The van der Waals surface area contributed by atoms with Crippen LogP contribution in [0.2, 0.25) is 0 Å². The highest BCUT2D eigenvalue weighted by Gasteiger charge is 2.54. The van der Waals surface area contributed by atoms with Crippen LogP contribution in [0, 0.1) is 11.8 Å². The number of sulfonamides is 1. The summed E-state index contributed by atoms with van der Waals surface area (Å²) < 4.78 is 28.3. The Balaban J connectivity index is 2.03. The van der Waals surface area contributed by atoms with Gasteiger partial charge >= 0.3 is 0 Å². The van der Waals surface area contributed by atoms with Crippen LogP contribution >= 0.6 is 15.9 Å². The van der Waals surface area contributed by atoms with E-state index < -0.39 is 10.0 Å². The summed E-state index contributed by atoms with van der Waals surface area (Å²) in [6, 6.07) is 7.04. The molecule has 2 aliphatic rings. The minimum absolute atomic E-state index is 0.345. The van der Waals surface area contributed by atoms with Crippen LogP contribution in [0.25, 0.3) is 0 Å². The normalized spacial score (nSPS) is 29.6. The fourth-order valence-corrected chi connectivity index (χ4v) is 6.41. The Morgan fingerprint density at radius 3 is 2.65 bits per heavy atom. The summed E-state index contributed by atoms with van der Waals surface area (Å²) in [5.74, 6) is 0.807. The Morgan fingerprint density at radius 2 is 2.00 bits per heavy atom. The summed E-state index contributed by atoms with van der Waals surface area (Å²) in [7, 11) is -3.46. The van der Waals surface area contributed by atoms with Crippen LogP contribution in [0.5, 0.6) is 0 Å². The van der Waals surface area contributed by atoms with Crippen molar-refractivity contribution in [2.24, 2.45) is 11.8 Å². The first-order valence-corrected chi connectivity index (χ1v) is 9.06. The molecule has 110 valence electrons. The highest BCUT2D eigenvalue weighted by Crippen LogP contribution is 2.44. The summed E-state index contributed by atoms with van der Waals surface area (Å²) in [4.78, 5) is 0.362. The van der Waals surface area contributed by atoms with Gasteiger partial charge in [-0.2, -0.15) is 4.31 Å². The van der Waals surface area contributed by atoms with Crippen LogP contribution in [-0.4, -0.2) is 37.9 Å². The van der Waals surface area contributed by atoms with Crippen molar-refractivity contribution in [3.8, 4) is 0 Å². The molecular weight excluding hydrogens is 340 g/mol. The Labute approximate surface area is 128 Å². The molecule has 2 heterocycles. The molecule has 0 aromatic heterocycles. The summed E-state index contributed by atoms with van der Waals surface area (Å²) in [5.41, 5.74) is -0.345. The first-order chi connectivity index (χ1) is 9.35. The quantitative estimate of drug-likeness (QED) is 0.880. The van der Waals surface area contributed by atoms with E-state index in [0.29, 0.717) is 27.7 Å². The van der Waals surface area contributed by atoms with Crippen LogP contribution in [-0.2, 0) is 10.0 Å². The van der Waals surface area contributed by atoms with E-state index in [1.54, 1.807) is 22.5 Å². The summed E-state index contributed by atoms with van der Waals surface area (Å²) in [6.07, 6.45) is 0. The molecule has 0 spiro atoms. The van der Waals surface area contributed by atoms with E-state index in [1.807, 2.05) is 19.9 Å². The fourth-order valence-electron chi connectivity index (χ4n) is 3.57. The van der Waals surface area contributed by atoms with E-state index in [-0.39, 0.29) is 5.54 Å². The maximum absolute atomic E-state index is 13.0. The molecule has 1 N–H and O–H groups in total. The standard InChI is InChI=1S/C14H19BrN2O2S/c1-14(2)11-8-16-7-10(11)9-17(14)20(18,19)13-6-4-3-5-12(13)15/h3-6,10-11,16H,7-9H2,1-2H3. The van der Waals surface area contributed by atoms with Gasteiger partial charge in [0.15, 0.2) is 0 Å². The topological polar surface area (TPSA) is 49.4 Å². The molecule has 1 aromatic rings. The van der Waals surface area contributed by atoms with Gasteiger partial charge in [0.25, 0.3) is 0 Å². The number of nitrogens with one attached hydrogen (secondary N) is 1. The largest absolute Gasteiger partial charge is 0.316 e. The van der Waals surface area contributed by atoms with Gasteiger partial charge in [-0.3, -0.25) is 0 Å². The van der Waals surface area contributed by atoms with Crippen molar-refractivity contribution in [1.29, 1.82) is 0 Å². The lowest BCUT2D eigenvalue weighted by Gasteiger charge is -2.34. The number of halogens is 1. The van der Waals surface area contributed by atoms with Gasteiger partial charge in [0, 0.05) is 23.1 Å². The van der Waals surface area contributed by atoms with Crippen molar-refractivity contribution in [1.82, 2.24) is 9.62 Å². The van der Waals surface area contributed by atoms with E-state index >= 15 is 0 Å². The van der Waals surface area contributed by atoms with Gasteiger partial charge in [-0.05, 0) is 60.3 Å². The lowest BCUT2D eigenvalue weighted by atomic mass is 9.85. The molecule has 3 rings (SSSR count). The molecule has 2 unspecified atom stereocenters. The molecule has 2 atom stereocenters. The van der Waals surface area contributed by atoms with Crippen molar-refractivity contribution >= 4 is 26.0 Å². The van der Waals surface area contributed by atoms with Gasteiger partial charge in [0.05, 0.1) is 4.90 Å². The minimum atomic E-state index is -3.46. The summed E-state index contributed by atoms with van der Waals surface area (Å²) >= 11 is 3.36. The SMILES string of the molecule is CC1(C)C2CNCC2CN1S(=O)(=O)c1ccccc1Br. The number of benzene rings is 1. The predicted octanol–water partition coefficient (Wildman–Crippen LogP) is 2.07. The number of hydrogen-bond acceptors (Lipinski definition) is 3. The molecule has 0 aliphatic carbocycles. The molecule has 6 heteroatoms. The molecule has 0 bridgehead atoms. The maximum Gasteiger partial charge on any atom is 0.244 e. The monoisotopic (exact) mass is 358 g/mol. The smallest absolute Gasteiger partial charge is 0.244 e. The number of hydrogen-bond donors (Lipinski definition) is 1. The van der Waals surface area contributed by atoms with Crippen LogP contribution in [0.3, 0.4) is 0 Å². The lowest BCUT2D eigenvalue weighted by molar-refractivity contribution is 0.233. The third kappa shape index (κ3) is 2.04. The van der Waals surface area contributed by atoms with Crippen molar-refractivity contribution in [2.75, 3.05) is 19.6 Å². The number of fused-ring (bicyclic) bond motifs is 1. The third-order valence-corrected chi connectivity index (χ3v) is 7.76. The van der Waals surface area contributed by atoms with Crippen LogP contribution < -0.4 is 5.32 Å². The van der Waals surface area contributed by atoms with Gasteiger partial charge in [0.1, 0.15) is 0 Å². The average Bonchev–Trinajstić information content (AvgIpc) is 2.92. The predicted molar refractivity (Wildman–Crippen MR) is 82.0 cm³/mol. The zero-order valence-electron chi connectivity index (χ0n) is 11.6. The summed E-state index contributed by atoms with van der Waals surface area (Å²) in [5, 5.41) is 3.37. The van der Waals surface area contributed by atoms with Gasteiger partial charge in [-0.25, -0.2) is 8.42 Å². The maximum atomic E-state index is 13.0. The van der Waals surface area contributed by atoms with E-state index in [4.69, 9.17) is 0 Å². The molecule has 2 saturated heterocycles. The molecule has 4 nitrogen and oxygen atoms in total. The Kier molecular flexibility index (Phi) is 3.48. The van der Waals surface area contributed by atoms with Gasteiger partial charge < -0.3 is 5.32 Å². The summed E-state index contributed by atoms with van der Waals surface area (Å²) in [6.45, 7) is 6.50. The van der Waals surface area contributed by atoms with Gasteiger partial charge in [-0.1, -0.05) is 12.1 Å². The molecular formula is C14H19BrN2O2S. The zero-order chi connectivity index (χ0) is 14.5. The second-order valence-corrected chi connectivity index (χ2v) is 8.83. The average molecular weight is 359 g/mol. The van der Waals surface area contributed by atoms with Crippen molar-refractivity contribution in [2.45, 2.75) is 24.3 Å². The first-order valence-electron chi connectivity index (χ1n) is 6.83. The van der Waals surface area contributed by atoms with Crippen molar-refractivity contribution in [3.63, 3.8) is 0 Å². The second kappa shape index (κ2) is 4.80. The van der Waals surface area contributed by atoms with Crippen LogP contribution in [0.15, 0.2) is 33.6 Å².